The maximum Gasteiger partial charge on any atom is 0.278 e. The maximum atomic E-state index is 11.6. The summed E-state index contributed by atoms with van der Waals surface area (Å²) < 4.78 is 0. The quantitative estimate of drug-likeness (QED) is 0.327. The summed E-state index contributed by atoms with van der Waals surface area (Å²) in [6.45, 7) is 1.37. The van der Waals surface area contributed by atoms with Crippen LogP contribution in [0.5, 0.6) is 0 Å². The molecular formula is C24H20N2O3. The van der Waals surface area contributed by atoms with E-state index < -0.39 is 4.92 Å². The van der Waals surface area contributed by atoms with Crippen LogP contribution in [0.15, 0.2) is 72.8 Å². The summed E-state index contributed by atoms with van der Waals surface area (Å²) in [7, 11) is 0. The predicted molar refractivity (Wildman–Crippen MR) is 118 cm³/mol. The van der Waals surface area contributed by atoms with Gasteiger partial charge in [0, 0.05) is 13.0 Å². The number of benzene rings is 3. The molecule has 0 aliphatic heterocycles. The van der Waals surface area contributed by atoms with E-state index in [1.807, 2.05) is 78.9 Å². The van der Waals surface area contributed by atoms with Gasteiger partial charge in [0.05, 0.1) is 16.2 Å². The van der Waals surface area contributed by atoms with Crippen LogP contribution in [-0.4, -0.2) is 10.8 Å². The molecule has 0 atom stereocenters. The molecule has 0 spiro atoms. The molecule has 3 aromatic carbocycles. The zero-order valence-electron chi connectivity index (χ0n) is 15.9. The number of nitrogens with one attached hydrogen (secondary N) is 1. The highest BCUT2D eigenvalue weighted by Gasteiger charge is 2.16. The Bertz CT molecular complexity index is 1070. The summed E-state index contributed by atoms with van der Waals surface area (Å²) in [5, 5.41) is 14.3. The van der Waals surface area contributed by atoms with Crippen LogP contribution in [0.4, 0.5) is 11.4 Å². The standard InChI is InChI=1S/C24H20N2O3/c1-18(27)25-23-17-24(26(28)29)22(15-13-20-10-6-3-7-11-20)16-21(23)14-12-19-8-4-2-5-9-19/h2-17H,1H3,(H,25,27). The van der Waals surface area contributed by atoms with Gasteiger partial charge in [-0.3, -0.25) is 14.9 Å². The number of amides is 1. The predicted octanol–water partition coefficient (Wildman–Crippen LogP) is 5.89. The highest BCUT2D eigenvalue weighted by molar-refractivity contribution is 5.94. The van der Waals surface area contributed by atoms with Crippen LogP contribution in [0.2, 0.25) is 0 Å². The average Bonchev–Trinajstić information content (AvgIpc) is 2.72. The van der Waals surface area contributed by atoms with E-state index in [1.165, 1.54) is 13.0 Å². The molecule has 0 aromatic heterocycles. The highest BCUT2D eigenvalue weighted by atomic mass is 16.6. The van der Waals surface area contributed by atoms with Gasteiger partial charge in [-0.1, -0.05) is 78.9 Å². The largest absolute Gasteiger partial charge is 0.326 e. The van der Waals surface area contributed by atoms with Crippen molar-refractivity contribution < 1.29 is 9.72 Å². The Kier molecular flexibility index (Phi) is 6.32. The van der Waals surface area contributed by atoms with Crippen molar-refractivity contribution in [2.45, 2.75) is 6.92 Å². The van der Waals surface area contributed by atoms with Gasteiger partial charge in [0.1, 0.15) is 0 Å². The molecule has 0 saturated carbocycles. The summed E-state index contributed by atoms with van der Waals surface area (Å²) in [6.07, 6.45) is 7.28. The Morgan fingerprint density at radius 3 is 1.83 bits per heavy atom. The molecule has 3 rings (SSSR count). The maximum absolute atomic E-state index is 11.6. The van der Waals surface area contributed by atoms with Gasteiger partial charge in [-0.05, 0) is 28.8 Å². The lowest BCUT2D eigenvalue weighted by Gasteiger charge is -2.09. The smallest absolute Gasteiger partial charge is 0.278 e. The van der Waals surface area contributed by atoms with Gasteiger partial charge in [0.25, 0.3) is 5.69 Å². The lowest BCUT2D eigenvalue weighted by Crippen LogP contribution is -2.08. The van der Waals surface area contributed by atoms with Crippen molar-refractivity contribution in [2.24, 2.45) is 0 Å². The normalized spacial score (nSPS) is 11.1. The van der Waals surface area contributed by atoms with Gasteiger partial charge in [-0.15, -0.1) is 0 Å². The molecule has 0 aliphatic rings. The van der Waals surface area contributed by atoms with E-state index in [0.29, 0.717) is 16.8 Å². The van der Waals surface area contributed by atoms with Crippen molar-refractivity contribution in [1.82, 2.24) is 0 Å². The van der Waals surface area contributed by atoms with Crippen LogP contribution in [-0.2, 0) is 4.79 Å². The topological polar surface area (TPSA) is 72.2 Å². The molecule has 5 nitrogen and oxygen atoms in total. The molecular weight excluding hydrogens is 364 g/mol. The number of nitrogens with zero attached hydrogens (tertiary/aromatic N) is 1. The fourth-order valence-electron chi connectivity index (χ4n) is 2.85. The molecule has 144 valence electrons. The highest BCUT2D eigenvalue weighted by Crippen LogP contribution is 2.30. The number of carbonyl (C=O) groups excluding carboxylic acids is 1. The van der Waals surface area contributed by atoms with Crippen LogP contribution in [0.25, 0.3) is 24.3 Å². The van der Waals surface area contributed by atoms with E-state index in [4.69, 9.17) is 0 Å². The zero-order chi connectivity index (χ0) is 20.6. The second-order valence-corrected chi connectivity index (χ2v) is 6.42. The molecule has 0 bridgehead atoms. The fourth-order valence-corrected chi connectivity index (χ4v) is 2.85. The number of carbonyl (C=O) groups is 1. The van der Waals surface area contributed by atoms with E-state index in [-0.39, 0.29) is 11.6 Å². The van der Waals surface area contributed by atoms with Gasteiger partial charge in [0.15, 0.2) is 0 Å². The summed E-state index contributed by atoms with van der Waals surface area (Å²) in [5.41, 5.74) is 3.39. The minimum absolute atomic E-state index is 0.0715. The van der Waals surface area contributed by atoms with Crippen molar-refractivity contribution in [3.8, 4) is 0 Å². The molecule has 0 saturated heterocycles. The first-order chi connectivity index (χ1) is 14.0. The SMILES string of the molecule is CC(=O)Nc1cc([N+](=O)[O-])c(C=Cc2ccccc2)cc1C=Cc1ccccc1. The average molecular weight is 384 g/mol. The van der Waals surface area contributed by atoms with E-state index in [1.54, 1.807) is 12.1 Å². The molecule has 0 fully saturated rings. The summed E-state index contributed by atoms with van der Waals surface area (Å²) in [6, 6.07) is 22.4. The summed E-state index contributed by atoms with van der Waals surface area (Å²) in [4.78, 5) is 22.8. The Labute approximate surface area is 169 Å². The van der Waals surface area contributed by atoms with E-state index in [9.17, 15) is 14.9 Å². The summed E-state index contributed by atoms with van der Waals surface area (Å²) in [5.74, 6) is -0.291. The molecule has 0 aliphatic carbocycles. The second kappa shape index (κ2) is 9.28. The van der Waals surface area contributed by atoms with Crippen LogP contribution in [0.1, 0.15) is 29.2 Å². The van der Waals surface area contributed by atoms with Crippen LogP contribution in [0.3, 0.4) is 0 Å². The second-order valence-electron chi connectivity index (χ2n) is 6.42. The third-order valence-corrected chi connectivity index (χ3v) is 4.22. The van der Waals surface area contributed by atoms with Crippen molar-refractivity contribution in [3.05, 3.63) is 105 Å². The number of anilines is 1. The minimum atomic E-state index is -0.444. The van der Waals surface area contributed by atoms with Gasteiger partial charge >= 0.3 is 0 Å². The molecule has 1 N–H and O–H groups in total. The first-order valence-electron chi connectivity index (χ1n) is 9.09. The Balaban J connectivity index is 2.06. The summed E-state index contributed by atoms with van der Waals surface area (Å²) >= 11 is 0. The van der Waals surface area contributed by atoms with Gasteiger partial charge in [0.2, 0.25) is 5.91 Å². The van der Waals surface area contributed by atoms with Gasteiger partial charge < -0.3 is 5.32 Å². The van der Waals surface area contributed by atoms with Crippen molar-refractivity contribution in [2.75, 3.05) is 5.32 Å². The minimum Gasteiger partial charge on any atom is -0.326 e. The number of hydrogen-bond donors (Lipinski definition) is 1. The monoisotopic (exact) mass is 384 g/mol. The Morgan fingerprint density at radius 2 is 1.34 bits per heavy atom. The third kappa shape index (κ3) is 5.49. The fraction of sp³-hybridized carbons (Fsp3) is 0.0417. The lowest BCUT2D eigenvalue weighted by molar-refractivity contribution is -0.385. The first-order valence-corrected chi connectivity index (χ1v) is 9.09. The molecule has 29 heavy (non-hydrogen) atoms. The Hall–Kier alpha value is -3.99. The molecule has 3 aromatic rings. The molecule has 0 heterocycles. The van der Waals surface area contributed by atoms with E-state index in [0.717, 1.165) is 11.1 Å². The van der Waals surface area contributed by atoms with Crippen molar-refractivity contribution in [3.63, 3.8) is 0 Å². The van der Waals surface area contributed by atoms with E-state index in [2.05, 4.69) is 5.32 Å². The number of hydrogen-bond acceptors (Lipinski definition) is 3. The molecule has 0 radical (unpaired) electrons. The molecule has 0 unspecified atom stereocenters. The van der Waals surface area contributed by atoms with Crippen LogP contribution >= 0.6 is 0 Å². The lowest BCUT2D eigenvalue weighted by atomic mass is 10.0. The van der Waals surface area contributed by atoms with Gasteiger partial charge in [-0.2, -0.15) is 0 Å². The molecule has 1 amide bonds. The zero-order valence-corrected chi connectivity index (χ0v) is 15.9. The van der Waals surface area contributed by atoms with Crippen LogP contribution in [0, 0.1) is 10.1 Å². The number of rotatable bonds is 6. The third-order valence-electron chi connectivity index (χ3n) is 4.22. The van der Waals surface area contributed by atoms with Crippen molar-refractivity contribution >= 4 is 41.6 Å². The van der Waals surface area contributed by atoms with Gasteiger partial charge in [-0.25, -0.2) is 0 Å². The van der Waals surface area contributed by atoms with Crippen LogP contribution < -0.4 is 5.32 Å². The van der Waals surface area contributed by atoms with E-state index >= 15 is 0 Å². The number of nitro benzene ring substituents is 1. The first kappa shape index (κ1) is 19.8. The molecule has 5 heteroatoms. The van der Waals surface area contributed by atoms with Crippen molar-refractivity contribution in [1.29, 1.82) is 0 Å². The number of nitro groups is 1. The Morgan fingerprint density at radius 1 is 0.828 bits per heavy atom.